The molecule has 2 aliphatic rings. The van der Waals surface area contributed by atoms with Crippen LogP contribution in [0.5, 0.6) is 0 Å². The minimum absolute atomic E-state index is 0.0137. The minimum atomic E-state index is -3.94. The highest BCUT2D eigenvalue weighted by Crippen LogP contribution is 2.29. The number of ether oxygens (including phenoxy) is 1. The molecule has 164 valence electrons. The Hall–Kier alpha value is -1.07. The summed E-state index contributed by atoms with van der Waals surface area (Å²) in [6.45, 7) is 8.88. The number of morpholine rings is 1. The van der Waals surface area contributed by atoms with E-state index in [9.17, 15) is 21.2 Å². The lowest BCUT2D eigenvalue weighted by molar-refractivity contribution is -0.0101. The van der Waals surface area contributed by atoms with Crippen LogP contribution in [0.1, 0.15) is 19.4 Å². The molecule has 1 N–H and O–H groups in total. The Kier molecular flexibility index (Phi) is 6.41. The Balaban J connectivity index is 1.81. The van der Waals surface area contributed by atoms with E-state index in [1.165, 1.54) is 13.0 Å². The van der Waals surface area contributed by atoms with Gasteiger partial charge in [0.05, 0.1) is 34.9 Å². The maximum Gasteiger partial charge on any atom is 0.184 e. The first-order valence-corrected chi connectivity index (χ1v) is 13.1. The van der Waals surface area contributed by atoms with Crippen molar-refractivity contribution in [3.8, 4) is 0 Å². The summed E-state index contributed by atoms with van der Waals surface area (Å²) >= 11 is 0. The summed E-state index contributed by atoms with van der Waals surface area (Å²) in [5.74, 6) is -1.18. The van der Waals surface area contributed by atoms with Gasteiger partial charge in [-0.3, -0.25) is 4.90 Å². The normalized spacial score (nSPS) is 25.9. The summed E-state index contributed by atoms with van der Waals surface area (Å²) in [6, 6.07) is 2.75. The highest BCUT2D eigenvalue weighted by Gasteiger charge is 2.46. The largest absolute Gasteiger partial charge is 0.379 e. The number of benzene rings is 1. The molecule has 2 aliphatic heterocycles. The van der Waals surface area contributed by atoms with Crippen LogP contribution in [0.4, 0.5) is 4.39 Å². The number of rotatable bonds is 6. The second-order valence-electron chi connectivity index (χ2n) is 8.47. The van der Waals surface area contributed by atoms with Crippen molar-refractivity contribution in [1.29, 1.82) is 0 Å². The van der Waals surface area contributed by atoms with Crippen molar-refractivity contribution in [2.45, 2.75) is 42.5 Å². The van der Waals surface area contributed by atoms with E-state index < -0.39 is 42.5 Å². The van der Waals surface area contributed by atoms with Gasteiger partial charge in [0, 0.05) is 31.2 Å². The quantitative estimate of drug-likeness (QED) is 0.643. The third-order valence-electron chi connectivity index (χ3n) is 5.81. The molecule has 1 aromatic carbocycles. The van der Waals surface area contributed by atoms with Crippen LogP contribution in [-0.4, -0.2) is 82.9 Å². The van der Waals surface area contributed by atoms with E-state index in [4.69, 9.17) is 4.74 Å². The standard InChI is InChI=1S/C19H29FN2O5S2/c1-14-10-15(20)4-5-17(14)29(25,26)18-12-28(23,24)11-16(18)21-13-19(2,3)22-6-8-27-9-7-22/h4-5,10,16,18,21H,6-9,11-13H2,1-3H3/t16-,18-/m0/s1. The van der Waals surface area contributed by atoms with E-state index in [1.54, 1.807) is 0 Å². The molecule has 3 rings (SSSR count). The fourth-order valence-corrected chi connectivity index (χ4v) is 9.01. The van der Waals surface area contributed by atoms with Crippen LogP contribution in [0.15, 0.2) is 23.1 Å². The fourth-order valence-electron chi connectivity index (χ4n) is 4.07. The van der Waals surface area contributed by atoms with Crippen LogP contribution < -0.4 is 5.32 Å². The Morgan fingerprint density at radius 3 is 2.52 bits per heavy atom. The van der Waals surface area contributed by atoms with Crippen molar-refractivity contribution in [3.05, 3.63) is 29.6 Å². The number of nitrogens with one attached hydrogen (secondary N) is 1. The number of hydrogen-bond acceptors (Lipinski definition) is 7. The fraction of sp³-hybridized carbons (Fsp3) is 0.684. The maximum absolute atomic E-state index is 13.4. The molecule has 2 fully saturated rings. The van der Waals surface area contributed by atoms with Gasteiger partial charge in [-0.1, -0.05) is 0 Å². The molecule has 0 spiro atoms. The van der Waals surface area contributed by atoms with E-state index in [0.29, 0.717) is 19.8 Å². The minimum Gasteiger partial charge on any atom is -0.379 e. The average Bonchev–Trinajstić information content (AvgIpc) is 2.96. The predicted octanol–water partition coefficient (Wildman–Crippen LogP) is 0.774. The molecule has 7 nitrogen and oxygen atoms in total. The molecule has 2 atom stereocenters. The van der Waals surface area contributed by atoms with Gasteiger partial charge in [0.2, 0.25) is 0 Å². The number of halogens is 1. The van der Waals surface area contributed by atoms with Crippen LogP contribution in [0, 0.1) is 12.7 Å². The van der Waals surface area contributed by atoms with Gasteiger partial charge in [-0.15, -0.1) is 0 Å². The van der Waals surface area contributed by atoms with Crippen molar-refractivity contribution in [1.82, 2.24) is 10.2 Å². The Bertz CT molecular complexity index is 957. The number of nitrogens with zero attached hydrogens (tertiary/aromatic N) is 1. The van der Waals surface area contributed by atoms with Crippen molar-refractivity contribution < 1.29 is 26.0 Å². The van der Waals surface area contributed by atoms with Crippen molar-refractivity contribution in [3.63, 3.8) is 0 Å². The van der Waals surface area contributed by atoms with Crippen LogP contribution >= 0.6 is 0 Å². The van der Waals surface area contributed by atoms with E-state index in [0.717, 1.165) is 25.2 Å². The molecule has 0 radical (unpaired) electrons. The number of hydrogen-bond donors (Lipinski definition) is 1. The van der Waals surface area contributed by atoms with Gasteiger partial charge in [-0.05, 0) is 44.5 Å². The monoisotopic (exact) mass is 448 g/mol. The van der Waals surface area contributed by atoms with Gasteiger partial charge < -0.3 is 10.1 Å². The lowest BCUT2D eigenvalue weighted by Crippen LogP contribution is -2.57. The molecule has 0 saturated carbocycles. The molecular weight excluding hydrogens is 419 g/mol. The van der Waals surface area contributed by atoms with E-state index in [2.05, 4.69) is 10.2 Å². The van der Waals surface area contributed by atoms with Crippen LogP contribution in [-0.2, 0) is 24.4 Å². The van der Waals surface area contributed by atoms with Gasteiger partial charge >= 0.3 is 0 Å². The Labute approximate surface area is 172 Å². The number of aryl methyl sites for hydroxylation is 1. The first kappa shape index (κ1) is 22.6. The van der Waals surface area contributed by atoms with Crippen molar-refractivity contribution >= 4 is 19.7 Å². The second kappa shape index (κ2) is 8.22. The lowest BCUT2D eigenvalue weighted by atomic mass is 10.0. The molecule has 2 heterocycles. The van der Waals surface area contributed by atoms with Gasteiger partial charge in [0.25, 0.3) is 0 Å². The van der Waals surface area contributed by atoms with Gasteiger partial charge in [0.1, 0.15) is 5.82 Å². The SMILES string of the molecule is Cc1cc(F)ccc1S(=O)(=O)[C@H]1CS(=O)(=O)C[C@@H]1NCC(C)(C)N1CCOCC1. The van der Waals surface area contributed by atoms with Crippen LogP contribution in [0.25, 0.3) is 0 Å². The zero-order valence-electron chi connectivity index (χ0n) is 17.0. The smallest absolute Gasteiger partial charge is 0.184 e. The molecule has 10 heteroatoms. The molecule has 0 aromatic heterocycles. The zero-order chi connectivity index (χ0) is 21.4. The number of sulfone groups is 2. The van der Waals surface area contributed by atoms with Gasteiger partial charge in [0.15, 0.2) is 19.7 Å². The topological polar surface area (TPSA) is 92.8 Å². The molecule has 0 bridgehead atoms. The zero-order valence-corrected chi connectivity index (χ0v) is 18.7. The Morgan fingerprint density at radius 1 is 1.24 bits per heavy atom. The van der Waals surface area contributed by atoms with Crippen molar-refractivity contribution in [2.75, 3.05) is 44.4 Å². The second-order valence-corrected chi connectivity index (χ2v) is 12.8. The average molecular weight is 449 g/mol. The van der Waals surface area contributed by atoms with Crippen LogP contribution in [0.3, 0.4) is 0 Å². The summed E-state index contributed by atoms with van der Waals surface area (Å²) in [5.41, 5.74) is -0.00217. The highest BCUT2D eigenvalue weighted by molar-refractivity contribution is 7.96. The Morgan fingerprint density at radius 2 is 1.90 bits per heavy atom. The third-order valence-corrected chi connectivity index (χ3v) is 10.1. The molecule has 0 aliphatic carbocycles. The van der Waals surface area contributed by atoms with Gasteiger partial charge in [-0.25, -0.2) is 21.2 Å². The molecule has 0 unspecified atom stereocenters. The maximum atomic E-state index is 13.4. The third kappa shape index (κ3) is 4.99. The summed E-state index contributed by atoms with van der Waals surface area (Å²) < 4.78 is 69.9. The molecule has 1 aromatic rings. The van der Waals surface area contributed by atoms with E-state index in [-0.39, 0.29) is 21.8 Å². The van der Waals surface area contributed by atoms with Gasteiger partial charge in [-0.2, -0.15) is 0 Å². The lowest BCUT2D eigenvalue weighted by Gasteiger charge is -2.41. The molecule has 29 heavy (non-hydrogen) atoms. The first-order valence-electron chi connectivity index (χ1n) is 9.69. The van der Waals surface area contributed by atoms with E-state index >= 15 is 0 Å². The molecule has 0 amide bonds. The predicted molar refractivity (Wildman–Crippen MR) is 109 cm³/mol. The highest BCUT2D eigenvalue weighted by atomic mass is 32.2. The van der Waals surface area contributed by atoms with Crippen molar-refractivity contribution in [2.24, 2.45) is 0 Å². The summed E-state index contributed by atoms with van der Waals surface area (Å²) in [5, 5.41) is 2.12. The summed E-state index contributed by atoms with van der Waals surface area (Å²) in [6.07, 6.45) is 0. The molecular formula is C19H29FN2O5S2. The van der Waals surface area contributed by atoms with E-state index in [1.807, 2.05) is 13.8 Å². The molecule has 2 saturated heterocycles. The summed E-state index contributed by atoms with van der Waals surface area (Å²) in [4.78, 5) is 2.24. The van der Waals surface area contributed by atoms with Crippen LogP contribution in [0.2, 0.25) is 0 Å². The summed E-state index contributed by atoms with van der Waals surface area (Å²) in [7, 11) is -7.44. The first-order chi connectivity index (χ1) is 13.4.